The molecule has 2 aliphatic carbocycles. The van der Waals surface area contributed by atoms with Gasteiger partial charge in [-0.1, -0.05) is 87.3 Å². The van der Waals surface area contributed by atoms with E-state index < -0.39 is 61.9 Å². The number of alkyl halides is 4. The number of nitrogens with zero attached hydrogens (tertiary/aromatic N) is 2. The maximum Gasteiger partial charge on any atom is 0.343 e. The molecule has 0 radical (unpaired) electrons. The number of carbonyl (C=O) groups excluding carboxylic acids is 5. The molecule has 1 heterocycles. The van der Waals surface area contributed by atoms with Crippen LogP contribution in [0.5, 0.6) is 5.75 Å². The summed E-state index contributed by atoms with van der Waals surface area (Å²) in [6.45, 7) is 1.05. The molecule has 8 nitrogen and oxygen atoms in total. The lowest BCUT2D eigenvalue weighted by Gasteiger charge is -2.36. The fraction of sp³-hybridized carbons (Fsp3) is 0.219. The zero-order valence-corrected chi connectivity index (χ0v) is 30.1. The van der Waals surface area contributed by atoms with Crippen molar-refractivity contribution in [1.29, 1.82) is 0 Å². The first-order valence-electron chi connectivity index (χ1n) is 13.9. The van der Waals surface area contributed by atoms with Gasteiger partial charge in [0.15, 0.2) is 10.1 Å². The average molecular weight is 810 g/mol. The van der Waals surface area contributed by atoms with Crippen LogP contribution in [0, 0.1) is 18.8 Å². The van der Waals surface area contributed by atoms with Crippen molar-refractivity contribution in [2.75, 3.05) is 6.54 Å². The standard InChI is InChI=1S/C32H18Cl8N2O6/c1-14-2-4-16(5-3-14)29(47)48-18-9-6-15(7-10-18)21(43)13-41(26(44)17-8-11-19(33)20(34)12-17)42-27(45)22-23(28(42)46)31(38)25(36)24(35)30(22,37)32(31,39)40/h2-12,22-23H,13H2,1H3/t22-,23-,30+,31+/m0/s1. The first-order valence-corrected chi connectivity index (χ1v) is 16.9. The summed E-state index contributed by atoms with van der Waals surface area (Å²) in [7, 11) is 0. The molecular weight excluding hydrogens is 792 g/mol. The molecule has 0 N–H and O–H groups in total. The Labute approximate surface area is 313 Å². The van der Waals surface area contributed by atoms with Crippen molar-refractivity contribution in [1.82, 2.24) is 10.0 Å². The minimum atomic E-state index is -2.21. The second-order valence-electron chi connectivity index (χ2n) is 11.3. The van der Waals surface area contributed by atoms with Crippen molar-refractivity contribution in [3.05, 3.63) is 109 Å². The molecule has 6 rings (SSSR count). The van der Waals surface area contributed by atoms with Gasteiger partial charge < -0.3 is 4.74 Å². The summed E-state index contributed by atoms with van der Waals surface area (Å²) >= 11 is 51.8. The first kappa shape index (κ1) is 35.3. The van der Waals surface area contributed by atoms with Gasteiger partial charge in [0.25, 0.3) is 17.7 Å². The van der Waals surface area contributed by atoms with Crippen LogP contribution in [-0.4, -0.2) is 60.1 Å². The molecule has 3 amide bonds. The third-order valence-electron chi connectivity index (χ3n) is 8.50. The third kappa shape index (κ3) is 5.06. The van der Waals surface area contributed by atoms with Crippen LogP contribution in [0.2, 0.25) is 10.0 Å². The van der Waals surface area contributed by atoms with Gasteiger partial charge in [0, 0.05) is 11.1 Å². The van der Waals surface area contributed by atoms with E-state index in [-0.39, 0.29) is 37.0 Å². The number of Topliss-reactive ketones (excluding diaryl/α,β-unsaturated/α-hetero) is 1. The molecule has 1 saturated heterocycles. The minimum absolute atomic E-state index is 0.00481. The van der Waals surface area contributed by atoms with Crippen molar-refractivity contribution >= 4 is 122 Å². The van der Waals surface area contributed by atoms with E-state index in [0.717, 1.165) is 5.56 Å². The second-order valence-corrected chi connectivity index (χ2v) is 15.4. The van der Waals surface area contributed by atoms with Crippen LogP contribution >= 0.6 is 92.8 Å². The zero-order valence-electron chi connectivity index (χ0n) is 24.1. The van der Waals surface area contributed by atoms with E-state index in [4.69, 9.17) is 97.5 Å². The number of ketones is 1. The molecule has 4 atom stereocenters. The largest absolute Gasteiger partial charge is 0.423 e. The first-order chi connectivity index (χ1) is 22.5. The summed E-state index contributed by atoms with van der Waals surface area (Å²) in [6.07, 6.45) is 0. The topological polar surface area (TPSA) is 101 Å². The number of fused-ring (bicyclic) bond motifs is 5. The van der Waals surface area contributed by atoms with Gasteiger partial charge in [0.1, 0.15) is 22.0 Å². The number of imide groups is 1. The van der Waals surface area contributed by atoms with Crippen LogP contribution < -0.4 is 4.74 Å². The summed E-state index contributed by atoms with van der Waals surface area (Å²) in [5, 5.41) is 0.597. The van der Waals surface area contributed by atoms with Crippen molar-refractivity contribution in [2.24, 2.45) is 11.8 Å². The summed E-state index contributed by atoms with van der Waals surface area (Å²) in [5.74, 6) is -7.36. The lowest BCUT2D eigenvalue weighted by Crippen LogP contribution is -2.56. The molecule has 0 spiro atoms. The molecule has 16 heteroatoms. The number of rotatable bonds is 7. The van der Waals surface area contributed by atoms with Crippen molar-refractivity contribution in [2.45, 2.75) is 21.0 Å². The molecule has 3 aromatic carbocycles. The molecule has 48 heavy (non-hydrogen) atoms. The fourth-order valence-corrected chi connectivity index (χ4v) is 9.25. The Balaban J connectivity index is 1.32. The predicted octanol–water partition coefficient (Wildman–Crippen LogP) is 8.21. The number of hydrazine groups is 1. The quantitative estimate of drug-likeness (QED) is 0.0785. The average Bonchev–Trinajstić information content (AvgIpc) is 3.44. The van der Waals surface area contributed by atoms with Gasteiger partial charge in [-0.15, -0.1) is 23.2 Å². The van der Waals surface area contributed by atoms with Crippen LogP contribution in [0.15, 0.2) is 76.8 Å². The smallest absolute Gasteiger partial charge is 0.343 e. The van der Waals surface area contributed by atoms with Crippen LogP contribution in [0.1, 0.15) is 36.6 Å². The fourth-order valence-electron chi connectivity index (χ4n) is 6.02. The Morgan fingerprint density at radius 2 is 1.23 bits per heavy atom. The van der Waals surface area contributed by atoms with Crippen molar-refractivity contribution < 1.29 is 28.7 Å². The van der Waals surface area contributed by atoms with Crippen LogP contribution in [-0.2, 0) is 9.59 Å². The number of hydrogen-bond donors (Lipinski definition) is 0. The number of benzene rings is 3. The van der Waals surface area contributed by atoms with E-state index in [1.165, 1.54) is 42.5 Å². The van der Waals surface area contributed by atoms with E-state index >= 15 is 0 Å². The van der Waals surface area contributed by atoms with E-state index in [1.807, 2.05) is 6.92 Å². The molecule has 1 saturated carbocycles. The van der Waals surface area contributed by atoms with Gasteiger partial charge in [0.2, 0.25) is 0 Å². The maximum absolute atomic E-state index is 14.1. The Hall–Kier alpha value is -2.53. The number of allylic oxidation sites excluding steroid dienone is 2. The lowest BCUT2D eigenvalue weighted by atomic mass is 9.84. The van der Waals surface area contributed by atoms with Crippen LogP contribution in [0.3, 0.4) is 0 Å². The molecule has 3 aliphatic rings. The van der Waals surface area contributed by atoms with E-state index in [0.29, 0.717) is 15.6 Å². The minimum Gasteiger partial charge on any atom is -0.423 e. The Bertz CT molecular complexity index is 1920. The van der Waals surface area contributed by atoms with Crippen LogP contribution in [0.25, 0.3) is 0 Å². The lowest BCUT2D eigenvalue weighted by molar-refractivity contribution is -0.154. The van der Waals surface area contributed by atoms with Gasteiger partial charge in [-0.25, -0.2) is 9.80 Å². The maximum atomic E-state index is 14.1. The number of carbonyl (C=O) groups is 5. The number of halogens is 8. The molecule has 3 aromatic rings. The Morgan fingerprint density at radius 1 is 0.729 bits per heavy atom. The molecule has 2 fully saturated rings. The number of hydrogen-bond acceptors (Lipinski definition) is 6. The summed E-state index contributed by atoms with van der Waals surface area (Å²) in [5.41, 5.74) is 1.22. The molecule has 0 unspecified atom stereocenters. The van der Waals surface area contributed by atoms with Gasteiger partial charge in [-0.3, -0.25) is 19.2 Å². The molecule has 2 bridgehead atoms. The van der Waals surface area contributed by atoms with E-state index in [9.17, 15) is 24.0 Å². The highest BCUT2D eigenvalue weighted by atomic mass is 35.5. The monoisotopic (exact) mass is 806 g/mol. The highest BCUT2D eigenvalue weighted by Gasteiger charge is 2.88. The number of amides is 3. The van der Waals surface area contributed by atoms with Crippen LogP contribution in [0.4, 0.5) is 0 Å². The molecular formula is C32H18Cl8N2O6. The zero-order chi connectivity index (χ0) is 35.1. The van der Waals surface area contributed by atoms with Gasteiger partial charge in [-0.2, -0.15) is 5.01 Å². The summed E-state index contributed by atoms with van der Waals surface area (Å²) in [6, 6.07) is 16.1. The van der Waals surface area contributed by atoms with E-state index in [2.05, 4.69) is 0 Å². The predicted molar refractivity (Wildman–Crippen MR) is 184 cm³/mol. The van der Waals surface area contributed by atoms with Gasteiger partial charge >= 0.3 is 5.97 Å². The SMILES string of the molecule is Cc1ccc(C(=O)Oc2ccc(C(=O)CN(C(=O)c3ccc(Cl)c(Cl)c3)N3C(=O)[C@@H]4[C@@H](C3=O)[C@@]3(Cl)C(Cl)=C(Cl)[C@@]4(Cl)C3(Cl)Cl)cc2)cc1. The van der Waals surface area contributed by atoms with Crippen molar-refractivity contribution in [3.63, 3.8) is 0 Å². The third-order valence-corrected chi connectivity index (χ3v) is 13.5. The highest BCUT2D eigenvalue weighted by molar-refractivity contribution is 6.67. The van der Waals surface area contributed by atoms with Gasteiger partial charge in [-0.05, 0) is 61.5 Å². The Kier molecular flexibility index (Phi) is 9.09. The normalized spacial score (nSPS) is 25.4. The second kappa shape index (κ2) is 12.4. The number of aryl methyl sites for hydroxylation is 1. The molecule has 248 valence electrons. The molecule has 0 aromatic heterocycles. The summed E-state index contributed by atoms with van der Waals surface area (Å²) < 4.78 is 3.19. The van der Waals surface area contributed by atoms with Crippen molar-refractivity contribution in [3.8, 4) is 5.75 Å². The number of ether oxygens (including phenoxy) is 1. The Morgan fingerprint density at radius 3 is 1.75 bits per heavy atom. The highest BCUT2D eigenvalue weighted by Crippen LogP contribution is 2.77. The number of esters is 1. The molecule has 1 aliphatic heterocycles. The summed E-state index contributed by atoms with van der Waals surface area (Å²) in [4.78, 5) is 64.1. The van der Waals surface area contributed by atoms with Gasteiger partial charge in [0.05, 0.1) is 37.5 Å². The van der Waals surface area contributed by atoms with E-state index in [1.54, 1.807) is 24.3 Å².